The molecule has 3 aromatic rings. The van der Waals surface area contributed by atoms with Gasteiger partial charge in [0.15, 0.2) is 0 Å². The molecule has 0 spiro atoms. The maximum absolute atomic E-state index is 12.3. The van der Waals surface area contributed by atoms with Crippen LogP contribution in [0.3, 0.4) is 0 Å². The van der Waals surface area contributed by atoms with E-state index in [1.54, 1.807) is 6.20 Å². The minimum absolute atomic E-state index is 0.179. The molecule has 2 aliphatic rings. The largest absolute Gasteiger partial charge is 0.368 e. The van der Waals surface area contributed by atoms with E-state index in [9.17, 15) is 10.1 Å². The number of piperazine rings is 2. The van der Waals surface area contributed by atoms with E-state index in [2.05, 4.69) is 51.7 Å². The molecule has 2 fully saturated rings. The molecule has 1 amide bonds. The van der Waals surface area contributed by atoms with Gasteiger partial charge in [0.2, 0.25) is 5.91 Å². The standard InChI is InChI=1S/C29H37N9O/c1-21-17-37(26-8-7-23(14-30)29-25(26)6-5-9-31-29)18-22(2)38(21)19-27-32-15-24(16-33-27)35-10-12-36(13-11-35)28(39)20-34(3)4/h5-9,15-16,21-22H,10-13,17-20H2,1-4H3/t21-,22+. The SMILES string of the molecule is C[C@@H]1CN(c2ccc(C#N)c3ncccc23)C[C@H](C)N1Cc1ncc(N2CCN(C(=O)CN(C)C)CC2)cn1. The first-order valence-electron chi connectivity index (χ1n) is 13.6. The second kappa shape index (κ2) is 11.5. The number of fused-ring (bicyclic) bond motifs is 1. The quantitative estimate of drug-likeness (QED) is 0.478. The highest BCUT2D eigenvalue weighted by atomic mass is 16.2. The van der Waals surface area contributed by atoms with Crippen LogP contribution in [0.5, 0.6) is 0 Å². The number of pyridine rings is 1. The van der Waals surface area contributed by atoms with Gasteiger partial charge >= 0.3 is 0 Å². The summed E-state index contributed by atoms with van der Waals surface area (Å²) in [5, 5.41) is 10.5. The lowest BCUT2D eigenvalue weighted by Gasteiger charge is -2.45. The Morgan fingerprint density at radius 1 is 1.00 bits per heavy atom. The van der Waals surface area contributed by atoms with Gasteiger partial charge in [0.1, 0.15) is 11.9 Å². The number of carbonyl (C=O) groups excluding carboxylic acids is 1. The highest BCUT2D eigenvalue weighted by Gasteiger charge is 2.31. The zero-order valence-corrected chi connectivity index (χ0v) is 23.3. The Balaban J connectivity index is 1.20. The van der Waals surface area contributed by atoms with E-state index in [0.29, 0.717) is 30.7 Å². The number of hydrogen-bond donors (Lipinski definition) is 0. The molecular weight excluding hydrogens is 490 g/mol. The Kier molecular flexibility index (Phi) is 7.91. The molecule has 2 saturated heterocycles. The predicted octanol–water partition coefficient (Wildman–Crippen LogP) is 2.21. The van der Waals surface area contributed by atoms with Gasteiger partial charge in [-0.3, -0.25) is 14.7 Å². The Hall–Kier alpha value is -3.81. The van der Waals surface area contributed by atoms with E-state index in [-0.39, 0.29) is 5.91 Å². The van der Waals surface area contributed by atoms with Crippen LogP contribution in [0.15, 0.2) is 42.9 Å². The Morgan fingerprint density at radius 3 is 2.33 bits per heavy atom. The first kappa shape index (κ1) is 26.8. The molecule has 1 aromatic carbocycles. The number of nitriles is 1. The van der Waals surface area contributed by atoms with E-state index in [1.165, 1.54) is 0 Å². The summed E-state index contributed by atoms with van der Waals surface area (Å²) in [6.45, 7) is 10.4. The van der Waals surface area contributed by atoms with Crippen LogP contribution >= 0.6 is 0 Å². The number of aromatic nitrogens is 3. The zero-order valence-electron chi connectivity index (χ0n) is 23.3. The molecular formula is C29H37N9O. The smallest absolute Gasteiger partial charge is 0.236 e. The van der Waals surface area contributed by atoms with Crippen LogP contribution in [-0.4, -0.2) is 108 Å². The summed E-state index contributed by atoms with van der Waals surface area (Å²) in [7, 11) is 3.84. The molecule has 2 aliphatic heterocycles. The van der Waals surface area contributed by atoms with Crippen LogP contribution < -0.4 is 9.80 Å². The van der Waals surface area contributed by atoms with Gasteiger partial charge in [-0.15, -0.1) is 0 Å². The van der Waals surface area contributed by atoms with Gasteiger partial charge < -0.3 is 19.6 Å². The summed E-state index contributed by atoms with van der Waals surface area (Å²) in [5.41, 5.74) is 3.50. The normalized spacial score (nSPS) is 20.5. The molecule has 5 rings (SSSR count). The molecule has 4 heterocycles. The number of benzene rings is 1. The number of carbonyl (C=O) groups is 1. The molecule has 204 valence electrons. The number of likely N-dealkylation sites (N-methyl/N-ethyl adjacent to an activating group) is 1. The topological polar surface area (TPSA) is 95.7 Å². The van der Waals surface area contributed by atoms with E-state index in [4.69, 9.17) is 9.97 Å². The highest BCUT2D eigenvalue weighted by Crippen LogP contribution is 2.31. The third-order valence-electron chi connectivity index (χ3n) is 7.77. The zero-order chi connectivity index (χ0) is 27.5. The Bertz CT molecular complexity index is 1330. The van der Waals surface area contributed by atoms with E-state index in [1.807, 2.05) is 48.4 Å². The Morgan fingerprint density at radius 2 is 1.69 bits per heavy atom. The second-order valence-corrected chi connectivity index (χ2v) is 10.9. The molecule has 2 atom stereocenters. The predicted molar refractivity (Wildman–Crippen MR) is 153 cm³/mol. The number of anilines is 2. The lowest BCUT2D eigenvalue weighted by molar-refractivity contribution is -0.132. The number of nitrogens with zero attached hydrogens (tertiary/aromatic N) is 9. The number of rotatable bonds is 6. The fourth-order valence-corrected chi connectivity index (χ4v) is 5.73. The van der Waals surface area contributed by atoms with Crippen molar-refractivity contribution in [2.24, 2.45) is 0 Å². The van der Waals surface area contributed by atoms with Crippen molar-refractivity contribution in [2.45, 2.75) is 32.5 Å². The minimum Gasteiger partial charge on any atom is -0.368 e. The molecule has 0 N–H and O–H groups in total. The van der Waals surface area contributed by atoms with Gasteiger partial charge in [-0.05, 0) is 52.2 Å². The first-order chi connectivity index (χ1) is 18.8. The summed E-state index contributed by atoms with van der Waals surface area (Å²) >= 11 is 0. The summed E-state index contributed by atoms with van der Waals surface area (Å²) in [6.07, 6.45) is 5.58. The lowest BCUT2D eigenvalue weighted by Crippen LogP contribution is -2.56. The van der Waals surface area contributed by atoms with Gasteiger partial charge in [-0.1, -0.05) is 0 Å². The summed E-state index contributed by atoms with van der Waals surface area (Å²) in [6, 6.07) is 10.8. The summed E-state index contributed by atoms with van der Waals surface area (Å²) in [4.78, 5) is 37.2. The second-order valence-electron chi connectivity index (χ2n) is 10.9. The van der Waals surface area contributed by atoms with E-state index < -0.39 is 0 Å². The lowest BCUT2D eigenvalue weighted by atomic mass is 10.0. The van der Waals surface area contributed by atoms with E-state index in [0.717, 1.165) is 67.4 Å². The van der Waals surface area contributed by atoms with Crippen molar-refractivity contribution in [1.29, 1.82) is 5.26 Å². The molecule has 39 heavy (non-hydrogen) atoms. The van der Waals surface area contributed by atoms with Crippen LogP contribution in [0.2, 0.25) is 0 Å². The molecule has 2 aromatic heterocycles. The molecule has 0 aliphatic carbocycles. The molecule has 0 saturated carbocycles. The molecule has 10 heteroatoms. The van der Waals surface area contributed by atoms with Crippen molar-refractivity contribution in [3.05, 3.63) is 54.2 Å². The highest BCUT2D eigenvalue weighted by molar-refractivity contribution is 5.95. The Labute approximate surface area is 230 Å². The minimum atomic E-state index is 0.179. The maximum Gasteiger partial charge on any atom is 0.236 e. The maximum atomic E-state index is 12.3. The van der Waals surface area contributed by atoms with Crippen molar-refractivity contribution in [2.75, 3.05) is 69.7 Å². The fourth-order valence-electron chi connectivity index (χ4n) is 5.73. The van der Waals surface area contributed by atoms with Gasteiger partial charge in [-0.2, -0.15) is 5.26 Å². The van der Waals surface area contributed by atoms with Crippen LogP contribution in [0, 0.1) is 11.3 Å². The third kappa shape index (κ3) is 5.79. The molecule has 0 unspecified atom stereocenters. The van der Waals surface area contributed by atoms with Crippen molar-refractivity contribution in [3.63, 3.8) is 0 Å². The van der Waals surface area contributed by atoms with Gasteiger partial charge in [0.05, 0.1) is 42.3 Å². The molecule has 10 nitrogen and oxygen atoms in total. The summed E-state index contributed by atoms with van der Waals surface area (Å²) < 4.78 is 0. The molecule has 0 bridgehead atoms. The van der Waals surface area contributed by atoms with Crippen LogP contribution in [-0.2, 0) is 11.3 Å². The first-order valence-corrected chi connectivity index (χ1v) is 13.6. The van der Waals surface area contributed by atoms with Crippen LogP contribution in [0.25, 0.3) is 10.9 Å². The van der Waals surface area contributed by atoms with E-state index >= 15 is 0 Å². The number of amides is 1. The average molecular weight is 528 g/mol. The van der Waals surface area contributed by atoms with Crippen molar-refractivity contribution >= 4 is 28.2 Å². The monoisotopic (exact) mass is 527 g/mol. The third-order valence-corrected chi connectivity index (χ3v) is 7.77. The van der Waals surface area contributed by atoms with Gasteiger partial charge in [0, 0.05) is 68.6 Å². The van der Waals surface area contributed by atoms with Gasteiger partial charge in [0.25, 0.3) is 0 Å². The van der Waals surface area contributed by atoms with Crippen molar-refractivity contribution < 1.29 is 4.79 Å². The number of hydrogen-bond acceptors (Lipinski definition) is 9. The average Bonchev–Trinajstić information content (AvgIpc) is 2.94. The fraction of sp³-hybridized carbons (Fsp3) is 0.483. The van der Waals surface area contributed by atoms with Gasteiger partial charge in [-0.25, -0.2) is 9.97 Å². The van der Waals surface area contributed by atoms with Crippen LogP contribution in [0.1, 0.15) is 25.2 Å². The van der Waals surface area contributed by atoms with Crippen LogP contribution in [0.4, 0.5) is 11.4 Å². The summed E-state index contributed by atoms with van der Waals surface area (Å²) in [5.74, 6) is 0.998. The van der Waals surface area contributed by atoms with Crippen molar-refractivity contribution in [3.8, 4) is 6.07 Å². The molecule has 0 radical (unpaired) electrons. The van der Waals surface area contributed by atoms with Crippen molar-refractivity contribution in [1.82, 2.24) is 29.7 Å².